The molecule has 1 saturated heterocycles. The van der Waals surface area contributed by atoms with E-state index in [-0.39, 0.29) is 24.8 Å². The number of halogens is 2. The average molecular weight is 355 g/mol. The highest BCUT2D eigenvalue weighted by Crippen LogP contribution is 2.21. The number of rotatable bonds is 3. The minimum atomic E-state index is -0.427. The Morgan fingerprint density at radius 3 is 2.13 bits per heavy atom. The van der Waals surface area contributed by atoms with E-state index in [1.54, 1.807) is 18.3 Å². The molecule has 2 aromatic rings. The lowest BCUT2D eigenvalue weighted by Gasteiger charge is -2.37. The minimum Gasteiger partial charge on any atom is -0.368 e. The number of benzene rings is 1. The second-order valence-corrected chi connectivity index (χ2v) is 5.05. The summed E-state index contributed by atoms with van der Waals surface area (Å²) in [7, 11) is 0. The van der Waals surface area contributed by atoms with E-state index < -0.39 is 5.91 Å². The summed E-state index contributed by atoms with van der Waals surface area (Å²) < 4.78 is 0. The fourth-order valence-corrected chi connectivity index (χ4v) is 2.66. The predicted molar refractivity (Wildman–Crippen MR) is 98.1 cm³/mol. The Balaban J connectivity index is 0.00000132. The molecule has 2 N–H and O–H groups in total. The van der Waals surface area contributed by atoms with Gasteiger partial charge in [-0.3, -0.25) is 4.79 Å². The standard InChI is InChI=1S/C16H18N4O.2ClH/c17-15(21)14-7-4-8-18-16(14)20-11-9-19(10-12-20)13-5-2-1-3-6-13;;/h1-8H,9-12H2,(H2,17,21);2*1H. The number of nitrogens with zero attached hydrogens (tertiary/aromatic N) is 3. The number of primary amides is 1. The predicted octanol–water partition coefficient (Wildman–Crippen LogP) is 2.35. The Bertz CT molecular complexity index is 631. The van der Waals surface area contributed by atoms with Crippen LogP contribution < -0.4 is 15.5 Å². The number of para-hydroxylation sites is 1. The number of pyridine rings is 1. The second kappa shape index (κ2) is 8.60. The summed E-state index contributed by atoms with van der Waals surface area (Å²) in [5.41, 5.74) is 7.14. The summed E-state index contributed by atoms with van der Waals surface area (Å²) in [6, 6.07) is 13.8. The zero-order valence-electron chi connectivity index (χ0n) is 12.6. The molecule has 0 spiro atoms. The minimum absolute atomic E-state index is 0. The maximum atomic E-state index is 11.5. The molecular formula is C16H20Cl2N4O. The van der Waals surface area contributed by atoms with Crippen LogP contribution in [0.4, 0.5) is 11.5 Å². The normalized spacial score (nSPS) is 13.7. The van der Waals surface area contributed by atoms with Crippen molar-refractivity contribution in [2.24, 2.45) is 5.73 Å². The molecule has 0 bridgehead atoms. The van der Waals surface area contributed by atoms with Crippen molar-refractivity contribution in [1.29, 1.82) is 0 Å². The zero-order valence-corrected chi connectivity index (χ0v) is 14.2. The highest BCUT2D eigenvalue weighted by Gasteiger charge is 2.21. The number of nitrogens with two attached hydrogens (primary N) is 1. The van der Waals surface area contributed by atoms with E-state index in [0.717, 1.165) is 26.2 Å². The third-order valence-corrected chi connectivity index (χ3v) is 3.75. The van der Waals surface area contributed by atoms with Gasteiger partial charge in [-0.25, -0.2) is 4.98 Å². The molecule has 1 amide bonds. The number of aromatic nitrogens is 1. The number of piperazine rings is 1. The highest BCUT2D eigenvalue weighted by atomic mass is 35.5. The number of carbonyl (C=O) groups excluding carboxylic acids is 1. The molecule has 5 nitrogen and oxygen atoms in total. The Morgan fingerprint density at radius 1 is 0.913 bits per heavy atom. The van der Waals surface area contributed by atoms with Gasteiger partial charge in [0.25, 0.3) is 5.91 Å². The summed E-state index contributed by atoms with van der Waals surface area (Å²) in [5, 5.41) is 0. The third-order valence-electron chi connectivity index (χ3n) is 3.75. The molecule has 2 heterocycles. The van der Waals surface area contributed by atoms with Gasteiger partial charge in [0, 0.05) is 38.1 Å². The van der Waals surface area contributed by atoms with Gasteiger partial charge in [-0.2, -0.15) is 0 Å². The van der Waals surface area contributed by atoms with E-state index in [9.17, 15) is 4.79 Å². The molecule has 1 aliphatic rings. The average Bonchev–Trinajstić information content (AvgIpc) is 2.56. The van der Waals surface area contributed by atoms with Crippen molar-refractivity contribution in [1.82, 2.24) is 4.98 Å². The molecule has 0 aliphatic carbocycles. The van der Waals surface area contributed by atoms with Gasteiger partial charge in [-0.05, 0) is 24.3 Å². The van der Waals surface area contributed by atoms with Crippen LogP contribution in [0.1, 0.15) is 10.4 Å². The smallest absolute Gasteiger partial charge is 0.252 e. The van der Waals surface area contributed by atoms with Crippen LogP contribution >= 0.6 is 24.8 Å². The van der Waals surface area contributed by atoms with E-state index >= 15 is 0 Å². The number of amides is 1. The molecule has 0 radical (unpaired) electrons. The summed E-state index contributed by atoms with van der Waals surface area (Å²) >= 11 is 0. The van der Waals surface area contributed by atoms with E-state index in [1.807, 2.05) is 18.2 Å². The maximum absolute atomic E-state index is 11.5. The van der Waals surface area contributed by atoms with Gasteiger partial charge in [-0.15, -0.1) is 24.8 Å². The summed E-state index contributed by atoms with van der Waals surface area (Å²) in [6.07, 6.45) is 1.70. The van der Waals surface area contributed by atoms with E-state index in [0.29, 0.717) is 11.4 Å². The van der Waals surface area contributed by atoms with Gasteiger partial charge >= 0.3 is 0 Å². The molecule has 0 atom stereocenters. The van der Waals surface area contributed by atoms with Crippen LogP contribution in [0, 0.1) is 0 Å². The van der Waals surface area contributed by atoms with E-state index in [4.69, 9.17) is 5.73 Å². The number of hydrogen-bond acceptors (Lipinski definition) is 4. The van der Waals surface area contributed by atoms with Crippen LogP contribution in [-0.4, -0.2) is 37.1 Å². The summed E-state index contributed by atoms with van der Waals surface area (Å²) in [4.78, 5) is 20.3. The Labute approximate surface area is 148 Å². The monoisotopic (exact) mass is 354 g/mol. The third kappa shape index (κ3) is 4.27. The molecule has 1 aromatic heterocycles. The molecule has 1 aliphatic heterocycles. The Hall–Kier alpha value is -1.98. The van der Waals surface area contributed by atoms with Crippen molar-refractivity contribution in [3.05, 3.63) is 54.2 Å². The topological polar surface area (TPSA) is 62.5 Å². The Kier molecular flexibility index (Phi) is 7.13. The first-order valence-corrected chi connectivity index (χ1v) is 7.05. The van der Waals surface area contributed by atoms with Crippen LogP contribution in [-0.2, 0) is 0 Å². The molecule has 0 saturated carbocycles. The van der Waals surface area contributed by atoms with Crippen molar-refractivity contribution < 1.29 is 4.79 Å². The molecule has 1 fully saturated rings. The van der Waals surface area contributed by atoms with Gasteiger partial charge in [0.15, 0.2) is 0 Å². The van der Waals surface area contributed by atoms with E-state index in [2.05, 4.69) is 26.9 Å². The fourth-order valence-electron chi connectivity index (χ4n) is 2.66. The number of hydrogen-bond donors (Lipinski definition) is 1. The van der Waals surface area contributed by atoms with E-state index in [1.165, 1.54) is 5.69 Å². The van der Waals surface area contributed by atoms with Crippen molar-refractivity contribution in [3.63, 3.8) is 0 Å². The lowest BCUT2D eigenvalue weighted by atomic mass is 10.2. The lowest BCUT2D eigenvalue weighted by Crippen LogP contribution is -2.47. The van der Waals surface area contributed by atoms with Crippen LogP contribution in [0.15, 0.2) is 48.7 Å². The van der Waals surface area contributed by atoms with Gasteiger partial charge in [0.2, 0.25) is 0 Å². The summed E-state index contributed by atoms with van der Waals surface area (Å²) in [6.45, 7) is 3.45. The van der Waals surface area contributed by atoms with Crippen molar-refractivity contribution in [2.75, 3.05) is 36.0 Å². The number of carbonyl (C=O) groups is 1. The molecule has 1 aromatic carbocycles. The summed E-state index contributed by atoms with van der Waals surface area (Å²) in [5.74, 6) is 0.265. The molecule has 3 rings (SSSR count). The molecular weight excluding hydrogens is 335 g/mol. The van der Waals surface area contributed by atoms with Gasteiger partial charge in [-0.1, -0.05) is 18.2 Å². The quantitative estimate of drug-likeness (QED) is 0.918. The van der Waals surface area contributed by atoms with Gasteiger partial charge in [0.1, 0.15) is 5.82 Å². The van der Waals surface area contributed by atoms with Crippen LogP contribution in [0.5, 0.6) is 0 Å². The SMILES string of the molecule is Cl.Cl.NC(=O)c1cccnc1N1CCN(c2ccccc2)CC1. The first-order chi connectivity index (χ1) is 10.3. The van der Waals surface area contributed by atoms with Crippen molar-refractivity contribution in [3.8, 4) is 0 Å². The largest absolute Gasteiger partial charge is 0.368 e. The Morgan fingerprint density at radius 2 is 1.52 bits per heavy atom. The first-order valence-electron chi connectivity index (χ1n) is 7.05. The molecule has 0 unspecified atom stereocenters. The van der Waals surface area contributed by atoms with Crippen LogP contribution in [0.2, 0.25) is 0 Å². The van der Waals surface area contributed by atoms with Crippen LogP contribution in [0.25, 0.3) is 0 Å². The molecule has 124 valence electrons. The maximum Gasteiger partial charge on any atom is 0.252 e. The first kappa shape index (κ1) is 19.1. The lowest BCUT2D eigenvalue weighted by molar-refractivity contribution is 0.100. The van der Waals surface area contributed by atoms with Crippen molar-refractivity contribution >= 4 is 42.2 Å². The van der Waals surface area contributed by atoms with Gasteiger partial charge < -0.3 is 15.5 Å². The fraction of sp³-hybridized carbons (Fsp3) is 0.250. The molecule has 7 heteroatoms. The van der Waals surface area contributed by atoms with Crippen molar-refractivity contribution in [2.45, 2.75) is 0 Å². The van der Waals surface area contributed by atoms with Gasteiger partial charge in [0.05, 0.1) is 5.56 Å². The number of anilines is 2. The highest BCUT2D eigenvalue weighted by molar-refractivity contribution is 5.97. The zero-order chi connectivity index (χ0) is 14.7. The second-order valence-electron chi connectivity index (χ2n) is 5.05. The molecule has 23 heavy (non-hydrogen) atoms. The van der Waals surface area contributed by atoms with Crippen LogP contribution in [0.3, 0.4) is 0 Å².